The van der Waals surface area contributed by atoms with Crippen LogP contribution < -0.4 is 5.32 Å². The van der Waals surface area contributed by atoms with Gasteiger partial charge in [0.2, 0.25) is 5.91 Å². The third kappa shape index (κ3) is 3.58. The number of benzene rings is 1. The van der Waals surface area contributed by atoms with Gasteiger partial charge in [-0.05, 0) is 31.2 Å². The number of nitrogens with zero attached hydrogens (tertiary/aromatic N) is 2. The second kappa shape index (κ2) is 6.64. The number of anilines is 1. The molecule has 3 aromatic rings. The number of rotatable bonds is 4. The van der Waals surface area contributed by atoms with Gasteiger partial charge in [-0.25, -0.2) is 9.97 Å². The van der Waals surface area contributed by atoms with Crippen molar-refractivity contribution in [3.63, 3.8) is 0 Å². The van der Waals surface area contributed by atoms with Crippen molar-refractivity contribution in [1.82, 2.24) is 9.97 Å². The highest BCUT2D eigenvalue weighted by atomic mass is 35.5. The van der Waals surface area contributed by atoms with Gasteiger partial charge in [-0.2, -0.15) is 0 Å². The minimum Gasteiger partial charge on any atom is -0.301 e. The van der Waals surface area contributed by atoms with Crippen molar-refractivity contribution in [3.05, 3.63) is 47.6 Å². The second-order valence-corrected chi connectivity index (χ2v) is 7.38. The fourth-order valence-corrected chi connectivity index (χ4v) is 3.57. The van der Waals surface area contributed by atoms with Crippen LogP contribution in [0.1, 0.15) is 6.92 Å². The molecule has 0 aliphatic carbocycles. The fraction of sp³-hybridized carbons (Fsp3) is 0.133. The van der Waals surface area contributed by atoms with Crippen LogP contribution in [0.4, 0.5) is 5.13 Å². The Morgan fingerprint density at radius 2 is 2.14 bits per heavy atom. The number of para-hydroxylation sites is 1. The summed E-state index contributed by atoms with van der Waals surface area (Å²) in [7, 11) is 0. The smallest absolute Gasteiger partial charge is 0.239 e. The van der Waals surface area contributed by atoms with Gasteiger partial charge in [-0.3, -0.25) is 4.79 Å². The number of carbonyl (C=O) groups is 1. The molecule has 1 atom stereocenters. The first-order valence-corrected chi connectivity index (χ1v) is 8.64. The minimum atomic E-state index is -0.277. The van der Waals surface area contributed by atoms with Gasteiger partial charge in [0, 0.05) is 6.20 Å². The van der Waals surface area contributed by atoms with E-state index in [9.17, 15) is 4.79 Å². The molecule has 0 bridgehead atoms. The number of hydrogen-bond acceptors (Lipinski definition) is 5. The lowest BCUT2D eigenvalue weighted by atomic mass is 10.3. The highest BCUT2D eigenvalue weighted by molar-refractivity contribution is 8.00. The van der Waals surface area contributed by atoms with Crippen LogP contribution in [0.25, 0.3) is 10.2 Å². The summed E-state index contributed by atoms with van der Waals surface area (Å²) in [6.45, 7) is 1.84. The first-order valence-electron chi connectivity index (χ1n) is 6.56. The number of pyridine rings is 1. The highest BCUT2D eigenvalue weighted by Crippen LogP contribution is 2.27. The Kier molecular flexibility index (Phi) is 4.61. The van der Waals surface area contributed by atoms with E-state index in [1.807, 2.05) is 31.2 Å². The number of thioether (sulfide) groups is 1. The molecule has 1 unspecified atom stereocenters. The van der Waals surface area contributed by atoms with E-state index in [2.05, 4.69) is 15.3 Å². The quantitative estimate of drug-likeness (QED) is 0.706. The van der Waals surface area contributed by atoms with E-state index in [0.717, 1.165) is 15.2 Å². The molecular weight excluding hydrogens is 338 g/mol. The summed E-state index contributed by atoms with van der Waals surface area (Å²) >= 11 is 8.65. The summed E-state index contributed by atoms with van der Waals surface area (Å²) < 4.78 is 1.05. The van der Waals surface area contributed by atoms with Gasteiger partial charge in [0.1, 0.15) is 0 Å². The van der Waals surface area contributed by atoms with Gasteiger partial charge < -0.3 is 5.32 Å². The first-order chi connectivity index (χ1) is 10.6. The predicted octanol–water partition coefficient (Wildman–Crippen LogP) is 4.46. The zero-order valence-corrected chi connectivity index (χ0v) is 14.0. The van der Waals surface area contributed by atoms with E-state index in [-0.39, 0.29) is 11.2 Å². The Bertz CT molecular complexity index is 771. The summed E-state index contributed by atoms with van der Waals surface area (Å²) in [5, 5.41) is 4.53. The monoisotopic (exact) mass is 349 g/mol. The number of fused-ring (bicyclic) bond motifs is 1. The van der Waals surface area contributed by atoms with Crippen molar-refractivity contribution in [2.24, 2.45) is 0 Å². The third-order valence-corrected chi connectivity index (χ3v) is 5.12. The molecule has 0 saturated heterocycles. The van der Waals surface area contributed by atoms with Crippen molar-refractivity contribution in [2.75, 3.05) is 5.32 Å². The molecule has 3 rings (SSSR count). The van der Waals surface area contributed by atoms with Crippen LogP contribution in [0.3, 0.4) is 0 Å². The number of thiazole rings is 1. The molecule has 4 nitrogen and oxygen atoms in total. The summed E-state index contributed by atoms with van der Waals surface area (Å²) in [5.74, 6) is -0.0965. The number of amides is 1. The van der Waals surface area contributed by atoms with Crippen LogP contribution in [0.5, 0.6) is 0 Å². The Labute approximate surface area is 140 Å². The summed E-state index contributed by atoms with van der Waals surface area (Å²) in [5.41, 5.74) is 0.891. The van der Waals surface area contributed by atoms with Crippen LogP contribution in [-0.4, -0.2) is 21.1 Å². The first kappa shape index (κ1) is 15.3. The summed E-state index contributed by atoms with van der Waals surface area (Å²) in [6.07, 6.45) is 1.57. The van der Waals surface area contributed by atoms with Gasteiger partial charge in [0.05, 0.1) is 25.5 Å². The molecule has 0 aliphatic rings. The molecule has 0 radical (unpaired) electrons. The molecule has 0 aliphatic heterocycles. The van der Waals surface area contributed by atoms with Crippen molar-refractivity contribution in [2.45, 2.75) is 17.2 Å². The second-order valence-electron chi connectivity index (χ2n) is 4.55. The number of halogens is 1. The Morgan fingerprint density at radius 1 is 1.32 bits per heavy atom. The molecule has 2 heterocycles. The summed E-state index contributed by atoms with van der Waals surface area (Å²) in [6, 6.07) is 11.4. The molecule has 0 fully saturated rings. The van der Waals surface area contributed by atoms with Gasteiger partial charge >= 0.3 is 0 Å². The van der Waals surface area contributed by atoms with E-state index in [0.29, 0.717) is 10.2 Å². The lowest BCUT2D eigenvalue weighted by Crippen LogP contribution is -2.22. The molecule has 2 aromatic heterocycles. The fourth-order valence-electron chi connectivity index (χ4n) is 1.80. The van der Waals surface area contributed by atoms with Crippen molar-refractivity contribution in [3.8, 4) is 0 Å². The topological polar surface area (TPSA) is 54.9 Å². The van der Waals surface area contributed by atoms with Gasteiger partial charge in [-0.15, -0.1) is 0 Å². The van der Waals surface area contributed by atoms with Gasteiger partial charge in [-0.1, -0.05) is 46.8 Å². The molecule has 22 heavy (non-hydrogen) atoms. The van der Waals surface area contributed by atoms with E-state index >= 15 is 0 Å². The van der Waals surface area contributed by atoms with Gasteiger partial charge in [0.25, 0.3) is 0 Å². The lowest BCUT2D eigenvalue weighted by molar-refractivity contribution is -0.115. The van der Waals surface area contributed by atoms with Crippen LogP contribution in [0, 0.1) is 0 Å². The van der Waals surface area contributed by atoms with Crippen molar-refractivity contribution < 1.29 is 4.79 Å². The zero-order chi connectivity index (χ0) is 15.5. The SMILES string of the molecule is CC(Sc1ccc(Cl)cn1)C(=O)Nc1nc2ccccc2s1. The Hall–Kier alpha value is -1.63. The molecule has 1 aromatic carbocycles. The standard InChI is InChI=1S/C15H12ClN3OS2/c1-9(21-13-7-6-10(16)8-17-13)14(20)19-15-18-11-4-2-3-5-12(11)22-15/h2-9H,1H3,(H,18,19,20). The Balaban J connectivity index is 1.66. The summed E-state index contributed by atoms with van der Waals surface area (Å²) in [4.78, 5) is 20.8. The van der Waals surface area contributed by atoms with Crippen molar-refractivity contribution in [1.29, 1.82) is 0 Å². The molecular formula is C15H12ClN3OS2. The molecule has 0 spiro atoms. The average Bonchev–Trinajstić information content (AvgIpc) is 2.91. The van der Waals surface area contributed by atoms with Crippen molar-refractivity contribution >= 4 is 56.0 Å². The molecule has 1 amide bonds. The average molecular weight is 350 g/mol. The maximum atomic E-state index is 12.2. The number of nitrogens with one attached hydrogen (secondary N) is 1. The molecule has 0 saturated carbocycles. The van der Waals surface area contributed by atoms with Crippen LogP contribution in [0.15, 0.2) is 47.6 Å². The normalized spacial score (nSPS) is 12.3. The van der Waals surface area contributed by atoms with E-state index < -0.39 is 0 Å². The molecule has 7 heteroatoms. The highest BCUT2D eigenvalue weighted by Gasteiger charge is 2.17. The van der Waals surface area contributed by atoms with Gasteiger partial charge in [0.15, 0.2) is 5.13 Å². The van der Waals surface area contributed by atoms with E-state index in [4.69, 9.17) is 11.6 Å². The number of carbonyl (C=O) groups excluding carboxylic acids is 1. The maximum absolute atomic E-state index is 12.2. The molecule has 112 valence electrons. The lowest BCUT2D eigenvalue weighted by Gasteiger charge is -2.09. The number of aromatic nitrogens is 2. The largest absolute Gasteiger partial charge is 0.301 e. The molecule has 1 N–H and O–H groups in total. The predicted molar refractivity (Wildman–Crippen MR) is 92.8 cm³/mol. The minimum absolute atomic E-state index is 0.0965. The van der Waals surface area contributed by atoms with Crippen LogP contribution in [-0.2, 0) is 4.79 Å². The Morgan fingerprint density at radius 3 is 2.86 bits per heavy atom. The number of hydrogen-bond donors (Lipinski definition) is 1. The third-order valence-electron chi connectivity index (χ3n) is 2.89. The zero-order valence-electron chi connectivity index (χ0n) is 11.6. The van der Waals surface area contributed by atoms with Crippen LogP contribution >= 0.6 is 34.7 Å². The van der Waals surface area contributed by atoms with E-state index in [1.54, 1.807) is 18.3 Å². The maximum Gasteiger partial charge on any atom is 0.239 e. The van der Waals surface area contributed by atoms with E-state index in [1.165, 1.54) is 23.1 Å². The van der Waals surface area contributed by atoms with Crippen LogP contribution in [0.2, 0.25) is 5.02 Å².